The summed E-state index contributed by atoms with van der Waals surface area (Å²) in [6.07, 6.45) is 10.8. The molecule has 5 rings (SSSR count). The van der Waals surface area contributed by atoms with Gasteiger partial charge in [0.1, 0.15) is 0 Å². The van der Waals surface area contributed by atoms with Crippen molar-refractivity contribution in [2.75, 3.05) is 0 Å². The van der Waals surface area contributed by atoms with Crippen molar-refractivity contribution in [2.24, 2.45) is 11.8 Å². The zero-order valence-corrected chi connectivity index (χ0v) is 21.7. The van der Waals surface area contributed by atoms with Gasteiger partial charge in [-0.25, -0.2) is 0 Å². The molecule has 1 saturated carbocycles. The van der Waals surface area contributed by atoms with E-state index in [0.29, 0.717) is 11.8 Å². The van der Waals surface area contributed by atoms with Crippen LogP contribution < -0.4 is 0 Å². The quantitative estimate of drug-likeness (QED) is 0.351. The van der Waals surface area contributed by atoms with Crippen LogP contribution in [0.1, 0.15) is 69.3 Å². The van der Waals surface area contributed by atoms with Gasteiger partial charge in [-0.1, -0.05) is 112 Å². The molecule has 0 radical (unpaired) electrons. The summed E-state index contributed by atoms with van der Waals surface area (Å²) in [5, 5.41) is 0. The summed E-state index contributed by atoms with van der Waals surface area (Å²) in [7, 11) is 0. The molecule has 0 spiro atoms. The van der Waals surface area contributed by atoms with E-state index in [1.165, 1.54) is 69.3 Å². The van der Waals surface area contributed by atoms with E-state index >= 15 is 0 Å². The Morgan fingerprint density at radius 2 is 0.971 bits per heavy atom. The fourth-order valence-electron chi connectivity index (χ4n) is 7.09. The Hall–Kier alpha value is -2.86. The summed E-state index contributed by atoms with van der Waals surface area (Å²) < 4.78 is 0. The van der Waals surface area contributed by atoms with Crippen molar-refractivity contribution in [1.82, 2.24) is 0 Å². The Bertz CT molecular complexity index is 1110. The van der Waals surface area contributed by atoms with Gasteiger partial charge in [0, 0.05) is 0 Å². The van der Waals surface area contributed by atoms with E-state index in [1.54, 1.807) is 5.57 Å². The number of hydrogen-bond acceptors (Lipinski definition) is 0. The minimum atomic E-state index is -0.212. The zero-order valence-electron chi connectivity index (χ0n) is 21.7. The fourth-order valence-corrected chi connectivity index (χ4v) is 7.09. The van der Waals surface area contributed by atoms with Crippen molar-refractivity contribution >= 4 is 0 Å². The maximum atomic E-state index is 2.47. The fraction of sp³-hybridized carbons (Fsp3) is 0.353. The predicted octanol–water partition coefficient (Wildman–Crippen LogP) is 8.78. The third-order valence-corrected chi connectivity index (χ3v) is 8.08. The highest BCUT2D eigenvalue weighted by Gasteiger charge is 2.49. The second kappa shape index (κ2) is 8.73. The molecule has 2 atom stereocenters. The first kappa shape index (κ1) is 22.9. The molecule has 0 bridgehead atoms. The van der Waals surface area contributed by atoms with Gasteiger partial charge >= 0.3 is 0 Å². The smallest absolute Gasteiger partial charge is 0.0517 e. The third kappa shape index (κ3) is 3.88. The lowest BCUT2D eigenvalue weighted by molar-refractivity contribution is 0.432. The van der Waals surface area contributed by atoms with Crippen molar-refractivity contribution in [1.29, 1.82) is 0 Å². The topological polar surface area (TPSA) is 0 Å². The van der Waals surface area contributed by atoms with Gasteiger partial charge in [0.15, 0.2) is 0 Å². The summed E-state index contributed by atoms with van der Waals surface area (Å²) in [5.41, 5.74) is 13.9. The first-order valence-electron chi connectivity index (χ1n) is 12.9. The highest BCUT2D eigenvalue weighted by molar-refractivity contribution is 5.58. The minimum Gasteiger partial charge on any atom is -0.0839 e. The summed E-state index contributed by atoms with van der Waals surface area (Å²) >= 11 is 0. The van der Waals surface area contributed by atoms with Crippen molar-refractivity contribution in [3.05, 3.63) is 128 Å². The first-order chi connectivity index (χ1) is 16.3. The molecule has 0 heteroatoms. The predicted molar refractivity (Wildman–Crippen MR) is 146 cm³/mol. The molecule has 0 nitrogen and oxygen atoms in total. The lowest BCUT2D eigenvalue weighted by Crippen LogP contribution is -2.38. The Morgan fingerprint density at radius 1 is 0.559 bits per heavy atom. The Balaban J connectivity index is 1.94. The number of rotatable bonds is 4. The van der Waals surface area contributed by atoms with Crippen molar-refractivity contribution in [3.8, 4) is 0 Å². The molecule has 0 amide bonds. The van der Waals surface area contributed by atoms with Crippen LogP contribution in [-0.4, -0.2) is 0 Å². The third-order valence-electron chi connectivity index (χ3n) is 8.08. The van der Waals surface area contributed by atoms with Gasteiger partial charge in [0.2, 0.25) is 0 Å². The Kier molecular flexibility index (Phi) is 5.88. The first-order valence-corrected chi connectivity index (χ1v) is 12.9. The molecule has 0 N–H and O–H groups in total. The van der Waals surface area contributed by atoms with Gasteiger partial charge < -0.3 is 0 Å². The normalized spacial score (nSPS) is 19.8. The van der Waals surface area contributed by atoms with Gasteiger partial charge in [-0.3, -0.25) is 0 Å². The van der Waals surface area contributed by atoms with E-state index in [-0.39, 0.29) is 5.41 Å². The monoisotopic (exact) mass is 446 g/mol. The summed E-state index contributed by atoms with van der Waals surface area (Å²) in [6, 6.07) is 21.8. The second-order valence-electron chi connectivity index (χ2n) is 11.1. The molecular weight excluding hydrogens is 408 g/mol. The van der Waals surface area contributed by atoms with Crippen molar-refractivity contribution in [3.63, 3.8) is 0 Å². The van der Waals surface area contributed by atoms with Crippen LogP contribution in [0, 0.1) is 53.4 Å². The molecule has 0 saturated heterocycles. The number of allylic oxidation sites excluding steroid dienone is 4. The highest BCUT2D eigenvalue weighted by atomic mass is 14.5. The van der Waals surface area contributed by atoms with Crippen molar-refractivity contribution < 1.29 is 0 Å². The molecule has 1 fully saturated rings. The molecule has 3 aromatic rings. The van der Waals surface area contributed by atoms with Gasteiger partial charge in [-0.2, -0.15) is 0 Å². The van der Waals surface area contributed by atoms with Gasteiger partial charge in [-0.15, -0.1) is 0 Å². The summed E-state index contributed by atoms with van der Waals surface area (Å²) in [5.74, 6) is 1.13. The van der Waals surface area contributed by atoms with Crippen LogP contribution in [0.2, 0.25) is 0 Å². The van der Waals surface area contributed by atoms with Crippen LogP contribution in [0.4, 0.5) is 0 Å². The molecule has 0 heterocycles. The largest absolute Gasteiger partial charge is 0.0839 e. The molecule has 0 aliphatic heterocycles. The molecule has 0 aromatic heterocycles. The van der Waals surface area contributed by atoms with Crippen LogP contribution in [0.5, 0.6) is 0 Å². The summed E-state index contributed by atoms with van der Waals surface area (Å²) in [4.78, 5) is 0. The lowest BCUT2D eigenvalue weighted by Gasteiger charge is -2.43. The van der Waals surface area contributed by atoms with Crippen LogP contribution >= 0.6 is 0 Å². The lowest BCUT2D eigenvalue weighted by atomic mass is 9.58. The standard InChI is InChI=1S/C34H38/c1-22-13-23(2)17-29(16-22)34(30-18-24(3)14-25(4)19-30,31-20-26(5)15-27(6)21-31)33-12-11-28-9-7-8-10-32(28)33/h7-8,10,13-21,28,33H,9,11-12H2,1-6H3. The van der Waals surface area contributed by atoms with E-state index < -0.39 is 0 Å². The molecule has 3 aromatic carbocycles. The molecule has 2 aliphatic carbocycles. The van der Waals surface area contributed by atoms with Gasteiger partial charge in [0.05, 0.1) is 5.41 Å². The second-order valence-corrected chi connectivity index (χ2v) is 11.1. The SMILES string of the molecule is Cc1cc(C)cc(C(c2cc(C)cc(C)c2)(c2cc(C)cc(C)c2)C2CCC3CC=CC=C32)c1. The zero-order chi connectivity index (χ0) is 24.0. The molecule has 2 aliphatic rings. The molecule has 2 unspecified atom stereocenters. The number of fused-ring (bicyclic) bond motifs is 1. The maximum Gasteiger partial charge on any atom is 0.0517 e. The van der Waals surface area contributed by atoms with Crippen molar-refractivity contribution in [2.45, 2.75) is 66.2 Å². The average Bonchev–Trinajstić information content (AvgIpc) is 3.17. The van der Waals surface area contributed by atoms with E-state index in [1.807, 2.05) is 0 Å². The summed E-state index contributed by atoms with van der Waals surface area (Å²) in [6.45, 7) is 13.5. The van der Waals surface area contributed by atoms with E-state index in [4.69, 9.17) is 0 Å². The highest BCUT2D eigenvalue weighted by Crippen LogP contribution is 2.56. The molecular formula is C34H38. The van der Waals surface area contributed by atoms with Crippen LogP contribution in [0.15, 0.2) is 78.4 Å². The van der Waals surface area contributed by atoms with Gasteiger partial charge in [-0.05, 0) is 89.3 Å². The van der Waals surface area contributed by atoms with Crippen LogP contribution in [0.25, 0.3) is 0 Å². The van der Waals surface area contributed by atoms with E-state index in [0.717, 1.165) is 0 Å². The van der Waals surface area contributed by atoms with E-state index in [9.17, 15) is 0 Å². The molecule has 34 heavy (non-hydrogen) atoms. The number of aryl methyl sites for hydroxylation is 6. The van der Waals surface area contributed by atoms with E-state index in [2.05, 4.69) is 114 Å². The molecule has 174 valence electrons. The minimum absolute atomic E-state index is 0.212. The van der Waals surface area contributed by atoms with Crippen LogP contribution in [-0.2, 0) is 5.41 Å². The average molecular weight is 447 g/mol. The maximum absolute atomic E-state index is 2.47. The Labute approximate surface area is 206 Å². The Morgan fingerprint density at radius 3 is 1.38 bits per heavy atom. The van der Waals surface area contributed by atoms with Gasteiger partial charge in [0.25, 0.3) is 0 Å². The van der Waals surface area contributed by atoms with Crippen LogP contribution in [0.3, 0.4) is 0 Å². The number of benzene rings is 3. The number of hydrogen-bond donors (Lipinski definition) is 0.